The van der Waals surface area contributed by atoms with E-state index in [4.69, 9.17) is 37.8 Å². The second kappa shape index (κ2) is 5.40. The zero-order valence-corrected chi connectivity index (χ0v) is 12.7. The third kappa shape index (κ3) is 3.01. The summed E-state index contributed by atoms with van der Waals surface area (Å²) in [6.07, 6.45) is -0.0830. The summed E-state index contributed by atoms with van der Waals surface area (Å²) in [5.74, 6) is -0.139. The average molecular weight is 340 g/mol. The van der Waals surface area contributed by atoms with Gasteiger partial charge in [-0.2, -0.15) is 0 Å². The van der Waals surface area contributed by atoms with Crippen LogP contribution in [0.15, 0.2) is 11.0 Å². The predicted molar refractivity (Wildman–Crippen MR) is 72.6 cm³/mol. The average Bonchev–Trinajstić information content (AvgIpc) is 2.73. The molecule has 6 nitrogen and oxygen atoms in total. The van der Waals surface area contributed by atoms with E-state index in [9.17, 15) is 13.2 Å². The number of esters is 1. The first-order chi connectivity index (χ1) is 9.20. The van der Waals surface area contributed by atoms with Crippen molar-refractivity contribution in [3.05, 3.63) is 21.7 Å². The van der Waals surface area contributed by atoms with Crippen LogP contribution in [0.3, 0.4) is 0 Å². The Morgan fingerprint density at radius 2 is 2.15 bits per heavy atom. The zero-order chi connectivity index (χ0) is 15.1. The number of carbonyl (C=O) groups is 1. The van der Waals surface area contributed by atoms with Crippen LogP contribution in [0, 0.1) is 0 Å². The number of hydrogen-bond acceptors (Lipinski definition) is 5. The van der Waals surface area contributed by atoms with Crippen molar-refractivity contribution < 1.29 is 22.7 Å². The molecule has 1 atom stereocenters. The molecule has 1 unspecified atom stereocenters. The normalized spacial score (nSPS) is 17.5. The van der Waals surface area contributed by atoms with Crippen molar-refractivity contribution in [1.82, 2.24) is 0 Å². The highest BCUT2D eigenvalue weighted by Gasteiger charge is 2.30. The van der Waals surface area contributed by atoms with Crippen molar-refractivity contribution in [2.75, 3.05) is 6.61 Å². The first-order valence-corrected chi connectivity index (χ1v) is 7.84. The monoisotopic (exact) mass is 339 g/mol. The molecule has 20 heavy (non-hydrogen) atoms. The van der Waals surface area contributed by atoms with Crippen LogP contribution in [-0.4, -0.2) is 27.1 Å². The van der Waals surface area contributed by atoms with Crippen LogP contribution < -0.4 is 9.88 Å². The van der Waals surface area contributed by atoms with Crippen molar-refractivity contribution in [2.24, 2.45) is 5.14 Å². The van der Waals surface area contributed by atoms with Crippen LogP contribution in [0.25, 0.3) is 0 Å². The molecule has 0 amide bonds. The van der Waals surface area contributed by atoms with Gasteiger partial charge in [0.25, 0.3) is 0 Å². The van der Waals surface area contributed by atoms with E-state index in [0.29, 0.717) is 17.7 Å². The van der Waals surface area contributed by atoms with Gasteiger partial charge in [-0.3, -0.25) is 4.79 Å². The molecule has 0 bridgehead atoms. The predicted octanol–water partition coefficient (Wildman–Crippen LogP) is 1.51. The van der Waals surface area contributed by atoms with Gasteiger partial charge in [0, 0.05) is 18.9 Å². The molecular formula is C11H11Cl2NO5S. The van der Waals surface area contributed by atoms with Gasteiger partial charge in [-0.15, -0.1) is 0 Å². The summed E-state index contributed by atoms with van der Waals surface area (Å²) >= 11 is 11.9. The first-order valence-electron chi connectivity index (χ1n) is 5.54. The molecule has 0 radical (unpaired) electrons. The van der Waals surface area contributed by atoms with Gasteiger partial charge in [-0.05, 0) is 6.07 Å². The van der Waals surface area contributed by atoms with Crippen LogP contribution >= 0.6 is 23.2 Å². The number of rotatable bonds is 3. The lowest BCUT2D eigenvalue weighted by Gasteiger charge is -2.11. The molecule has 9 heteroatoms. The summed E-state index contributed by atoms with van der Waals surface area (Å²) in [6.45, 7) is 1.33. The summed E-state index contributed by atoms with van der Waals surface area (Å²) in [5.41, 5.74) is 0.556. The van der Waals surface area contributed by atoms with E-state index in [1.807, 2.05) is 0 Å². The largest absolute Gasteiger partial charge is 0.485 e. The van der Waals surface area contributed by atoms with Gasteiger partial charge in [0.2, 0.25) is 10.0 Å². The van der Waals surface area contributed by atoms with Gasteiger partial charge in [0.15, 0.2) is 0 Å². The maximum atomic E-state index is 11.4. The van der Waals surface area contributed by atoms with Gasteiger partial charge in [-0.25, -0.2) is 13.6 Å². The Kier molecular flexibility index (Phi) is 4.15. The fourth-order valence-corrected chi connectivity index (χ4v) is 3.32. The van der Waals surface area contributed by atoms with E-state index in [-0.39, 0.29) is 21.5 Å². The lowest BCUT2D eigenvalue weighted by Crippen LogP contribution is -2.21. The fraction of sp³-hybridized carbons (Fsp3) is 0.364. The molecule has 1 aromatic carbocycles. The topological polar surface area (TPSA) is 95.7 Å². The minimum absolute atomic E-state index is 0.0153. The number of hydrogen-bond donors (Lipinski definition) is 1. The summed E-state index contributed by atoms with van der Waals surface area (Å²) in [4.78, 5) is 10.5. The molecule has 0 fully saturated rings. The number of fused-ring (bicyclic) bond motifs is 1. The quantitative estimate of drug-likeness (QED) is 0.842. The van der Waals surface area contributed by atoms with Crippen LogP contribution in [-0.2, 0) is 26.0 Å². The van der Waals surface area contributed by atoms with Gasteiger partial charge >= 0.3 is 5.97 Å². The Hall–Kier alpha value is -1.02. The van der Waals surface area contributed by atoms with Crippen LogP contribution in [0.5, 0.6) is 5.75 Å². The third-order valence-corrected chi connectivity index (χ3v) is 4.61. The Bertz CT molecular complexity index is 674. The number of nitrogens with two attached hydrogens (primary N) is 1. The van der Waals surface area contributed by atoms with Crippen molar-refractivity contribution in [1.29, 1.82) is 0 Å². The number of halogens is 2. The molecule has 1 aliphatic rings. The first kappa shape index (κ1) is 15.4. The van der Waals surface area contributed by atoms with E-state index in [0.717, 1.165) is 0 Å². The molecular weight excluding hydrogens is 329 g/mol. The molecule has 0 saturated carbocycles. The molecule has 2 N–H and O–H groups in total. The highest BCUT2D eigenvalue weighted by Crippen LogP contribution is 2.43. The number of carbonyl (C=O) groups excluding carboxylic acids is 1. The Balaban J connectivity index is 2.34. The maximum Gasteiger partial charge on any atom is 0.302 e. The van der Waals surface area contributed by atoms with Gasteiger partial charge < -0.3 is 9.47 Å². The van der Waals surface area contributed by atoms with E-state index < -0.39 is 22.1 Å². The summed E-state index contributed by atoms with van der Waals surface area (Å²) < 4.78 is 33.2. The molecule has 110 valence electrons. The van der Waals surface area contributed by atoms with E-state index in [1.165, 1.54) is 13.0 Å². The number of ether oxygens (including phenoxy) is 2. The minimum Gasteiger partial charge on any atom is -0.485 e. The second-order valence-corrected chi connectivity index (χ2v) is 6.57. The van der Waals surface area contributed by atoms with E-state index in [1.54, 1.807) is 0 Å². The van der Waals surface area contributed by atoms with Gasteiger partial charge in [0.1, 0.15) is 28.4 Å². The molecule has 0 spiro atoms. The smallest absolute Gasteiger partial charge is 0.302 e. The molecule has 1 aromatic rings. The van der Waals surface area contributed by atoms with Gasteiger partial charge in [0.05, 0.1) is 5.02 Å². The molecule has 0 saturated heterocycles. The minimum atomic E-state index is -3.98. The van der Waals surface area contributed by atoms with Gasteiger partial charge in [-0.1, -0.05) is 23.2 Å². The SMILES string of the molecule is CC(=O)OCC1Cc2cc(S(N)(=O)=O)c(Cl)c(Cl)c2O1. The number of sulfonamides is 1. The summed E-state index contributed by atoms with van der Waals surface area (Å²) in [7, 11) is -3.98. The van der Waals surface area contributed by atoms with E-state index in [2.05, 4.69) is 0 Å². The van der Waals surface area contributed by atoms with Crippen LogP contribution in [0.4, 0.5) is 0 Å². The third-order valence-electron chi connectivity index (χ3n) is 2.72. The Morgan fingerprint density at radius 3 is 2.70 bits per heavy atom. The van der Waals surface area contributed by atoms with Crippen LogP contribution in [0.2, 0.25) is 10.0 Å². The second-order valence-electron chi connectivity index (χ2n) is 4.28. The van der Waals surface area contributed by atoms with Crippen LogP contribution in [0.1, 0.15) is 12.5 Å². The molecule has 2 rings (SSSR count). The summed E-state index contributed by atoms with van der Waals surface area (Å²) in [5, 5.41) is 4.88. The Labute approximate surface area is 125 Å². The standard InChI is InChI=1S/C11H11Cl2NO5S/c1-5(15)18-4-7-2-6-3-8(20(14,16)17)9(12)10(13)11(6)19-7/h3,7H,2,4H2,1H3,(H2,14,16,17). The number of benzene rings is 1. The molecule has 1 heterocycles. The highest BCUT2D eigenvalue weighted by atomic mass is 35.5. The van der Waals surface area contributed by atoms with Crippen molar-refractivity contribution in [3.8, 4) is 5.75 Å². The Morgan fingerprint density at radius 1 is 1.50 bits per heavy atom. The van der Waals surface area contributed by atoms with Crippen molar-refractivity contribution in [3.63, 3.8) is 0 Å². The molecule has 1 aliphatic heterocycles. The molecule has 0 aromatic heterocycles. The molecule has 0 aliphatic carbocycles. The zero-order valence-electron chi connectivity index (χ0n) is 10.4. The summed E-state index contributed by atoms with van der Waals surface area (Å²) in [6, 6.07) is 1.33. The van der Waals surface area contributed by atoms with Crippen molar-refractivity contribution >= 4 is 39.2 Å². The number of primary sulfonamides is 1. The highest BCUT2D eigenvalue weighted by molar-refractivity contribution is 7.89. The lowest BCUT2D eigenvalue weighted by molar-refractivity contribution is -0.143. The van der Waals surface area contributed by atoms with Crippen molar-refractivity contribution in [2.45, 2.75) is 24.3 Å². The fourth-order valence-electron chi connectivity index (χ4n) is 1.88. The maximum absolute atomic E-state index is 11.4. The lowest BCUT2D eigenvalue weighted by atomic mass is 10.1. The van der Waals surface area contributed by atoms with E-state index >= 15 is 0 Å².